The van der Waals surface area contributed by atoms with Gasteiger partial charge in [-0.05, 0) is 18.2 Å². The molecule has 6 nitrogen and oxygen atoms in total. The number of hydrogen-bond donors (Lipinski definition) is 1. The van der Waals surface area contributed by atoms with Crippen molar-refractivity contribution in [3.8, 4) is 0 Å². The first-order chi connectivity index (χ1) is 9.08. The molecule has 0 saturated heterocycles. The Bertz CT molecular complexity index is 790. The zero-order chi connectivity index (χ0) is 13.6. The van der Waals surface area contributed by atoms with E-state index in [4.69, 9.17) is 5.73 Å². The van der Waals surface area contributed by atoms with E-state index in [0.29, 0.717) is 11.4 Å². The summed E-state index contributed by atoms with van der Waals surface area (Å²) in [4.78, 5) is 21.9. The number of benzene rings is 1. The van der Waals surface area contributed by atoms with E-state index in [1.807, 2.05) is 4.40 Å². The molecule has 6 heteroatoms. The number of imidazole rings is 1. The van der Waals surface area contributed by atoms with E-state index in [1.165, 1.54) is 4.90 Å². The van der Waals surface area contributed by atoms with Gasteiger partial charge in [0.15, 0.2) is 0 Å². The van der Waals surface area contributed by atoms with Gasteiger partial charge >= 0.3 is 0 Å². The topological polar surface area (TPSA) is 76.5 Å². The summed E-state index contributed by atoms with van der Waals surface area (Å²) in [7, 11) is 3.45. The van der Waals surface area contributed by atoms with Crippen molar-refractivity contribution in [3.05, 3.63) is 36.3 Å². The Hall–Kier alpha value is -2.63. The number of nitrogens with zero attached hydrogens (tertiary/aromatic N) is 4. The van der Waals surface area contributed by atoms with Crippen LogP contribution in [0.4, 0.5) is 5.82 Å². The van der Waals surface area contributed by atoms with E-state index in [2.05, 4.69) is 9.97 Å². The average Bonchev–Trinajstić information content (AvgIpc) is 2.87. The smallest absolute Gasteiger partial charge is 0.253 e. The second kappa shape index (κ2) is 3.94. The van der Waals surface area contributed by atoms with Gasteiger partial charge in [-0.25, -0.2) is 9.97 Å². The van der Waals surface area contributed by atoms with Crippen LogP contribution in [0.1, 0.15) is 10.4 Å². The van der Waals surface area contributed by atoms with Crippen molar-refractivity contribution >= 4 is 28.3 Å². The number of rotatable bonds is 1. The fraction of sp³-hybridized carbons (Fsp3) is 0.154. The number of anilines is 1. The zero-order valence-corrected chi connectivity index (χ0v) is 10.7. The van der Waals surface area contributed by atoms with Gasteiger partial charge in [-0.3, -0.25) is 9.20 Å². The Morgan fingerprint density at radius 2 is 2.11 bits per heavy atom. The molecule has 3 aromatic rings. The number of carbonyl (C=O) groups excluding carboxylic acids is 1. The monoisotopic (exact) mass is 255 g/mol. The number of hydrogen-bond acceptors (Lipinski definition) is 4. The number of carbonyl (C=O) groups is 1. The van der Waals surface area contributed by atoms with Crippen LogP contribution in [0.15, 0.2) is 30.7 Å². The quantitative estimate of drug-likeness (QED) is 0.708. The van der Waals surface area contributed by atoms with Crippen LogP contribution in [-0.4, -0.2) is 39.3 Å². The van der Waals surface area contributed by atoms with Crippen molar-refractivity contribution in [1.82, 2.24) is 19.3 Å². The van der Waals surface area contributed by atoms with Crippen LogP contribution in [0, 0.1) is 0 Å². The highest BCUT2D eigenvalue weighted by Gasteiger charge is 2.11. The molecule has 0 saturated carbocycles. The summed E-state index contributed by atoms with van der Waals surface area (Å²) in [6.45, 7) is 0. The van der Waals surface area contributed by atoms with E-state index in [1.54, 1.807) is 44.8 Å². The molecule has 1 amide bonds. The molecule has 0 spiro atoms. The van der Waals surface area contributed by atoms with Crippen LogP contribution in [0.2, 0.25) is 0 Å². The largest absolute Gasteiger partial charge is 0.382 e. The van der Waals surface area contributed by atoms with Gasteiger partial charge in [0.1, 0.15) is 11.3 Å². The van der Waals surface area contributed by atoms with E-state index >= 15 is 0 Å². The highest BCUT2D eigenvalue weighted by atomic mass is 16.2. The number of fused-ring (bicyclic) bond motifs is 3. The second-order valence-electron chi connectivity index (χ2n) is 4.55. The van der Waals surface area contributed by atoms with Crippen LogP contribution in [0.3, 0.4) is 0 Å². The molecule has 2 aromatic heterocycles. The summed E-state index contributed by atoms with van der Waals surface area (Å²) in [5, 5.41) is 0. The minimum atomic E-state index is -0.0491. The molecule has 0 aliphatic carbocycles. The maximum absolute atomic E-state index is 12.0. The minimum Gasteiger partial charge on any atom is -0.382 e. The summed E-state index contributed by atoms with van der Waals surface area (Å²) in [5.74, 6) is 0.378. The van der Waals surface area contributed by atoms with Crippen LogP contribution < -0.4 is 5.73 Å². The van der Waals surface area contributed by atoms with Crippen molar-refractivity contribution in [1.29, 1.82) is 0 Å². The third-order valence-corrected chi connectivity index (χ3v) is 3.03. The normalized spacial score (nSPS) is 11.1. The minimum absolute atomic E-state index is 0.0491. The van der Waals surface area contributed by atoms with Crippen molar-refractivity contribution in [3.63, 3.8) is 0 Å². The highest BCUT2D eigenvalue weighted by Crippen LogP contribution is 2.20. The summed E-state index contributed by atoms with van der Waals surface area (Å²) in [6, 6.07) is 5.35. The second-order valence-corrected chi connectivity index (χ2v) is 4.55. The predicted molar refractivity (Wildman–Crippen MR) is 72.9 cm³/mol. The van der Waals surface area contributed by atoms with Crippen LogP contribution >= 0.6 is 0 Å². The fourth-order valence-corrected chi connectivity index (χ4v) is 2.07. The van der Waals surface area contributed by atoms with Gasteiger partial charge in [0.2, 0.25) is 0 Å². The number of aromatic nitrogens is 3. The first kappa shape index (κ1) is 11.5. The number of nitrogen functional groups attached to an aromatic ring is 1. The Balaban J connectivity index is 2.33. The van der Waals surface area contributed by atoms with Crippen molar-refractivity contribution in [2.45, 2.75) is 0 Å². The van der Waals surface area contributed by atoms with Crippen LogP contribution in [0.5, 0.6) is 0 Å². The molecular weight excluding hydrogens is 242 g/mol. The summed E-state index contributed by atoms with van der Waals surface area (Å²) >= 11 is 0. The maximum Gasteiger partial charge on any atom is 0.253 e. The standard InChI is InChI=1S/C13H13N5O/c1-17(2)13(19)8-3-4-9-10(5-8)18-7-15-6-11(18)12(14)16-9/h3-7H,1-2H3,(H2,14,16). The molecule has 2 N–H and O–H groups in total. The molecule has 2 heterocycles. The molecule has 1 aromatic carbocycles. The molecule has 3 rings (SSSR count). The number of nitrogens with two attached hydrogens (primary N) is 1. The van der Waals surface area contributed by atoms with Crippen LogP contribution in [0.25, 0.3) is 16.6 Å². The van der Waals surface area contributed by atoms with Gasteiger partial charge in [-0.2, -0.15) is 0 Å². The van der Waals surface area contributed by atoms with Crippen molar-refractivity contribution in [2.24, 2.45) is 0 Å². The summed E-state index contributed by atoms with van der Waals surface area (Å²) in [6.07, 6.45) is 3.32. The van der Waals surface area contributed by atoms with Gasteiger partial charge in [0, 0.05) is 19.7 Å². The molecule has 0 bridgehead atoms. The Morgan fingerprint density at radius 1 is 1.32 bits per heavy atom. The Morgan fingerprint density at radius 3 is 2.84 bits per heavy atom. The fourth-order valence-electron chi connectivity index (χ4n) is 2.07. The van der Waals surface area contributed by atoms with Crippen molar-refractivity contribution in [2.75, 3.05) is 19.8 Å². The van der Waals surface area contributed by atoms with E-state index in [0.717, 1.165) is 16.6 Å². The van der Waals surface area contributed by atoms with Gasteiger partial charge in [-0.1, -0.05) is 0 Å². The molecule has 0 aliphatic heterocycles. The van der Waals surface area contributed by atoms with Gasteiger partial charge in [0.05, 0.1) is 23.6 Å². The molecule has 0 fully saturated rings. The third kappa shape index (κ3) is 1.69. The molecule has 0 aliphatic rings. The molecule has 96 valence electrons. The molecule has 19 heavy (non-hydrogen) atoms. The SMILES string of the molecule is CN(C)C(=O)c1ccc2nc(N)c3cncn3c2c1. The van der Waals surface area contributed by atoms with E-state index in [-0.39, 0.29) is 5.91 Å². The predicted octanol–water partition coefficient (Wildman–Crippen LogP) is 1.17. The molecular formula is C13H13N5O. The Labute approximate surface area is 109 Å². The summed E-state index contributed by atoms with van der Waals surface area (Å²) in [5.41, 5.74) is 8.76. The van der Waals surface area contributed by atoms with E-state index in [9.17, 15) is 4.79 Å². The zero-order valence-electron chi connectivity index (χ0n) is 10.7. The first-order valence-corrected chi connectivity index (χ1v) is 5.81. The van der Waals surface area contributed by atoms with Gasteiger partial charge in [0.25, 0.3) is 5.91 Å². The molecule has 0 atom stereocenters. The maximum atomic E-state index is 12.0. The van der Waals surface area contributed by atoms with E-state index < -0.39 is 0 Å². The number of amides is 1. The third-order valence-electron chi connectivity index (χ3n) is 3.03. The first-order valence-electron chi connectivity index (χ1n) is 5.81. The molecule has 0 unspecified atom stereocenters. The average molecular weight is 255 g/mol. The highest BCUT2D eigenvalue weighted by molar-refractivity contribution is 5.97. The summed E-state index contributed by atoms with van der Waals surface area (Å²) < 4.78 is 1.84. The van der Waals surface area contributed by atoms with Crippen molar-refractivity contribution < 1.29 is 4.79 Å². The lowest BCUT2D eigenvalue weighted by Crippen LogP contribution is -2.21. The van der Waals surface area contributed by atoms with Gasteiger partial charge < -0.3 is 10.6 Å². The lowest BCUT2D eigenvalue weighted by molar-refractivity contribution is 0.0828. The molecule has 0 radical (unpaired) electrons. The lowest BCUT2D eigenvalue weighted by atomic mass is 10.1. The van der Waals surface area contributed by atoms with Crippen LogP contribution in [-0.2, 0) is 0 Å². The van der Waals surface area contributed by atoms with Gasteiger partial charge in [-0.15, -0.1) is 0 Å². The Kier molecular flexibility index (Phi) is 2.38. The lowest BCUT2D eigenvalue weighted by Gasteiger charge is -2.11.